The lowest BCUT2D eigenvalue weighted by Gasteiger charge is -2.23. The molecule has 3 unspecified atom stereocenters. The Kier molecular flexibility index (Phi) is 3.14. The lowest BCUT2D eigenvalue weighted by atomic mass is 9.90. The van der Waals surface area contributed by atoms with Crippen molar-refractivity contribution in [2.24, 2.45) is 11.7 Å². The third-order valence-electron chi connectivity index (χ3n) is 3.80. The first-order chi connectivity index (χ1) is 9.19. The van der Waals surface area contributed by atoms with Gasteiger partial charge in [-0.2, -0.15) is 0 Å². The molecular formula is C13H18N4O2. The normalized spacial score (nSPS) is 29.6. The Hall–Kier alpha value is -1.63. The van der Waals surface area contributed by atoms with E-state index in [1.165, 1.54) is 0 Å². The molecule has 0 radical (unpaired) electrons. The second-order valence-electron chi connectivity index (χ2n) is 5.05. The fourth-order valence-corrected chi connectivity index (χ4v) is 2.69. The van der Waals surface area contributed by atoms with E-state index < -0.39 is 0 Å². The maximum atomic E-state index is 11.3. The van der Waals surface area contributed by atoms with Gasteiger partial charge in [0, 0.05) is 12.0 Å². The molecule has 6 heteroatoms. The van der Waals surface area contributed by atoms with E-state index in [1.54, 1.807) is 0 Å². The maximum absolute atomic E-state index is 11.3. The second-order valence-corrected chi connectivity index (χ2v) is 5.05. The van der Waals surface area contributed by atoms with Gasteiger partial charge in [-0.25, -0.2) is 5.43 Å². The van der Waals surface area contributed by atoms with Crippen molar-refractivity contribution in [2.45, 2.75) is 19.0 Å². The Balaban J connectivity index is 1.89. The number of ether oxygens (including phenoxy) is 1. The SMILES string of the molecule is CC1NNC(c2ccc3c(c2)NC(=O)CO3)C1CN. The average molecular weight is 262 g/mol. The number of amides is 1. The molecule has 2 aliphatic rings. The number of carbonyl (C=O) groups is 1. The van der Waals surface area contributed by atoms with Gasteiger partial charge < -0.3 is 15.8 Å². The van der Waals surface area contributed by atoms with Crippen LogP contribution in [-0.4, -0.2) is 25.1 Å². The molecule has 19 heavy (non-hydrogen) atoms. The third kappa shape index (κ3) is 2.18. The van der Waals surface area contributed by atoms with Gasteiger partial charge in [-0.15, -0.1) is 0 Å². The molecule has 3 atom stereocenters. The molecule has 1 fully saturated rings. The zero-order chi connectivity index (χ0) is 13.4. The minimum Gasteiger partial charge on any atom is -0.482 e. The van der Waals surface area contributed by atoms with E-state index in [2.05, 4.69) is 23.1 Å². The molecule has 1 aromatic rings. The Morgan fingerprint density at radius 1 is 1.42 bits per heavy atom. The van der Waals surface area contributed by atoms with Gasteiger partial charge in [0.2, 0.25) is 0 Å². The van der Waals surface area contributed by atoms with Crippen LogP contribution in [0.4, 0.5) is 5.69 Å². The van der Waals surface area contributed by atoms with Crippen molar-refractivity contribution in [1.29, 1.82) is 0 Å². The van der Waals surface area contributed by atoms with E-state index in [-0.39, 0.29) is 18.6 Å². The first-order valence-corrected chi connectivity index (χ1v) is 6.47. The number of benzene rings is 1. The molecule has 1 saturated heterocycles. The van der Waals surface area contributed by atoms with Crippen LogP contribution in [0.15, 0.2) is 18.2 Å². The van der Waals surface area contributed by atoms with Crippen LogP contribution in [0.2, 0.25) is 0 Å². The van der Waals surface area contributed by atoms with Crippen LogP contribution < -0.4 is 26.6 Å². The predicted octanol–water partition coefficient (Wildman–Crippen LogP) is 0.130. The fraction of sp³-hybridized carbons (Fsp3) is 0.462. The highest BCUT2D eigenvalue weighted by Gasteiger charge is 2.33. The zero-order valence-electron chi connectivity index (χ0n) is 10.8. The zero-order valence-corrected chi connectivity index (χ0v) is 10.8. The Bertz CT molecular complexity index is 505. The molecule has 0 bridgehead atoms. The van der Waals surface area contributed by atoms with Crippen molar-refractivity contribution in [2.75, 3.05) is 18.5 Å². The monoisotopic (exact) mass is 262 g/mol. The fourth-order valence-electron chi connectivity index (χ4n) is 2.69. The lowest BCUT2D eigenvalue weighted by Crippen LogP contribution is -2.30. The largest absolute Gasteiger partial charge is 0.482 e. The molecule has 0 saturated carbocycles. The summed E-state index contributed by atoms with van der Waals surface area (Å²) in [5.41, 5.74) is 14.1. The van der Waals surface area contributed by atoms with Crippen molar-refractivity contribution in [3.63, 3.8) is 0 Å². The number of anilines is 1. The van der Waals surface area contributed by atoms with E-state index >= 15 is 0 Å². The van der Waals surface area contributed by atoms with Gasteiger partial charge in [0.05, 0.1) is 11.7 Å². The number of rotatable bonds is 2. The van der Waals surface area contributed by atoms with Gasteiger partial charge in [0.1, 0.15) is 5.75 Å². The van der Waals surface area contributed by atoms with Gasteiger partial charge in [-0.05, 0) is 31.2 Å². The summed E-state index contributed by atoms with van der Waals surface area (Å²) in [5, 5.41) is 2.82. The topological polar surface area (TPSA) is 88.4 Å². The van der Waals surface area contributed by atoms with Crippen LogP contribution in [-0.2, 0) is 4.79 Å². The van der Waals surface area contributed by atoms with E-state index in [1.807, 2.05) is 18.2 Å². The molecule has 1 amide bonds. The molecule has 0 spiro atoms. The number of nitrogens with two attached hydrogens (primary N) is 1. The maximum Gasteiger partial charge on any atom is 0.262 e. The van der Waals surface area contributed by atoms with Crippen LogP contribution in [0.25, 0.3) is 0 Å². The van der Waals surface area contributed by atoms with E-state index in [0.29, 0.717) is 24.3 Å². The summed E-state index contributed by atoms with van der Waals surface area (Å²) >= 11 is 0. The second kappa shape index (κ2) is 4.80. The smallest absolute Gasteiger partial charge is 0.262 e. The molecule has 0 aromatic heterocycles. The number of hydrogen-bond donors (Lipinski definition) is 4. The summed E-state index contributed by atoms with van der Waals surface area (Å²) in [6.07, 6.45) is 0. The predicted molar refractivity (Wildman–Crippen MR) is 71.6 cm³/mol. The van der Waals surface area contributed by atoms with Gasteiger partial charge in [-0.3, -0.25) is 10.2 Å². The van der Waals surface area contributed by atoms with Gasteiger partial charge in [0.25, 0.3) is 5.91 Å². The minimum absolute atomic E-state index is 0.0814. The summed E-state index contributed by atoms with van der Waals surface area (Å²) in [5.74, 6) is 0.913. The minimum atomic E-state index is -0.120. The first kappa shape index (κ1) is 12.4. The number of hydrazine groups is 1. The highest BCUT2D eigenvalue weighted by Crippen LogP contribution is 2.34. The van der Waals surface area contributed by atoms with Gasteiger partial charge >= 0.3 is 0 Å². The van der Waals surface area contributed by atoms with E-state index in [9.17, 15) is 4.79 Å². The molecule has 0 aliphatic carbocycles. The van der Waals surface area contributed by atoms with Crippen LogP contribution in [0.1, 0.15) is 18.5 Å². The quantitative estimate of drug-likeness (QED) is 0.608. The molecule has 3 rings (SSSR count). The molecule has 6 nitrogen and oxygen atoms in total. The van der Waals surface area contributed by atoms with Crippen molar-refractivity contribution in [3.8, 4) is 5.75 Å². The van der Waals surface area contributed by atoms with Gasteiger partial charge in [0.15, 0.2) is 6.61 Å². The first-order valence-electron chi connectivity index (χ1n) is 6.47. The molecular weight excluding hydrogens is 244 g/mol. The van der Waals surface area contributed by atoms with Crippen molar-refractivity contribution in [3.05, 3.63) is 23.8 Å². The Morgan fingerprint density at radius 3 is 3.05 bits per heavy atom. The van der Waals surface area contributed by atoms with Crippen LogP contribution in [0.3, 0.4) is 0 Å². The number of hydrogen-bond acceptors (Lipinski definition) is 5. The van der Waals surface area contributed by atoms with Crippen molar-refractivity contribution < 1.29 is 9.53 Å². The highest BCUT2D eigenvalue weighted by molar-refractivity contribution is 5.95. The average Bonchev–Trinajstić information content (AvgIpc) is 2.79. The molecule has 102 valence electrons. The standard InChI is InChI=1S/C13H18N4O2/c1-7-9(5-14)13(17-16-7)8-2-3-11-10(4-8)15-12(18)6-19-11/h2-4,7,9,13,16-17H,5-6,14H2,1H3,(H,15,18). The molecule has 1 aromatic carbocycles. The Morgan fingerprint density at radius 2 is 2.26 bits per heavy atom. The highest BCUT2D eigenvalue weighted by atomic mass is 16.5. The molecule has 2 heterocycles. The lowest BCUT2D eigenvalue weighted by molar-refractivity contribution is -0.118. The Labute approximate surface area is 111 Å². The number of nitrogens with one attached hydrogen (secondary N) is 3. The number of fused-ring (bicyclic) bond motifs is 1. The number of carbonyl (C=O) groups excluding carboxylic acids is 1. The summed E-state index contributed by atoms with van der Waals surface area (Å²) in [4.78, 5) is 11.3. The van der Waals surface area contributed by atoms with Crippen LogP contribution in [0.5, 0.6) is 5.75 Å². The third-order valence-corrected chi connectivity index (χ3v) is 3.80. The molecule has 2 aliphatic heterocycles. The summed E-state index contributed by atoms with van der Waals surface area (Å²) in [6, 6.07) is 6.31. The summed E-state index contributed by atoms with van der Waals surface area (Å²) < 4.78 is 5.35. The van der Waals surface area contributed by atoms with Crippen molar-refractivity contribution >= 4 is 11.6 Å². The summed E-state index contributed by atoms with van der Waals surface area (Å²) in [7, 11) is 0. The molecule has 5 N–H and O–H groups in total. The summed E-state index contributed by atoms with van der Waals surface area (Å²) in [6.45, 7) is 2.79. The van der Waals surface area contributed by atoms with Gasteiger partial charge in [-0.1, -0.05) is 6.07 Å². The van der Waals surface area contributed by atoms with E-state index in [4.69, 9.17) is 10.5 Å². The van der Waals surface area contributed by atoms with Crippen LogP contribution >= 0.6 is 0 Å². The van der Waals surface area contributed by atoms with Crippen LogP contribution in [0, 0.1) is 5.92 Å². The van der Waals surface area contributed by atoms with E-state index in [0.717, 1.165) is 11.3 Å². The van der Waals surface area contributed by atoms with Crippen molar-refractivity contribution in [1.82, 2.24) is 10.9 Å².